The molecule has 2 fully saturated rings. The first-order valence-corrected chi connectivity index (χ1v) is 8.55. The third-order valence-electron chi connectivity index (χ3n) is 5.51. The molecule has 1 heterocycles. The highest BCUT2D eigenvalue weighted by molar-refractivity contribution is 4.93. The van der Waals surface area contributed by atoms with E-state index in [2.05, 4.69) is 32.6 Å². The Kier molecular flexibility index (Phi) is 5.69. The van der Waals surface area contributed by atoms with Gasteiger partial charge in [0, 0.05) is 19.1 Å². The maximum Gasteiger partial charge on any atom is 0.0936 e. The largest absolute Gasteiger partial charge is 0.394 e. The highest BCUT2D eigenvalue weighted by atomic mass is 16.5. The first-order chi connectivity index (χ1) is 9.85. The summed E-state index contributed by atoms with van der Waals surface area (Å²) in [6.07, 6.45) is 3.92. The fraction of sp³-hybridized carbons (Fsp3) is 1.00. The maximum atomic E-state index is 9.45. The average molecular weight is 298 g/mol. The van der Waals surface area contributed by atoms with E-state index in [1.807, 2.05) is 0 Å². The first kappa shape index (κ1) is 17.2. The number of aliphatic hydroxyl groups is 1. The predicted molar refractivity (Wildman–Crippen MR) is 86.1 cm³/mol. The van der Waals surface area contributed by atoms with E-state index in [-0.39, 0.29) is 18.8 Å². The molecule has 4 heteroatoms. The summed E-state index contributed by atoms with van der Waals surface area (Å²) in [5, 5.41) is 9.45. The second-order valence-electron chi connectivity index (χ2n) is 8.14. The van der Waals surface area contributed by atoms with Gasteiger partial charge in [-0.25, -0.2) is 0 Å². The van der Waals surface area contributed by atoms with Crippen molar-refractivity contribution < 1.29 is 9.84 Å². The van der Waals surface area contributed by atoms with Crippen LogP contribution in [0.3, 0.4) is 0 Å². The van der Waals surface area contributed by atoms with Crippen molar-refractivity contribution in [3.05, 3.63) is 0 Å². The van der Waals surface area contributed by atoms with Crippen LogP contribution in [0.4, 0.5) is 0 Å². The lowest BCUT2D eigenvalue weighted by molar-refractivity contribution is -0.118. The van der Waals surface area contributed by atoms with Gasteiger partial charge in [0.2, 0.25) is 0 Å². The first-order valence-electron chi connectivity index (χ1n) is 8.55. The second-order valence-corrected chi connectivity index (χ2v) is 8.14. The topological polar surface area (TPSA) is 58.7 Å². The van der Waals surface area contributed by atoms with Crippen molar-refractivity contribution in [3.8, 4) is 0 Å². The standard InChI is InChI=1S/C17H34N2O2/c1-12-9-19(10-15(11-20)21-12)16-7-14(17(2,3)4)6-5-13(16)8-18/h12-16,20H,5-11,18H2,1-4H3. The molecule has 124 valence electrons. The molecular formula is C17H34N2O2. The van der Waals surface area contributed by atoms with Gasteiger partial charge in [0.05, 0.1) is 18.8 Å². The molecule has 0 bridgehead atoms. The summed E-state index contributed by atoms with van der Waals surface area (Å²) < 4.78 is 5.80. The third kappa shape index (κ3) is 4.19. The average Bonchev–Trinajstić information content (AvgIpc) is 2.44. The smallest absolute Gasteiger partial charge is 0.0936 e. The molecule has 0 radical (unpaired) electrons. The highest BCUT2D eigenvalue weighted by Gasteiger charge is 2.40. The molecule has 4 nitrogen and oxygen atoms in total. The van der Waals surface area contributed by atoms with Crippen LogP contribution in [0.2, 0.25) is 0 Å². The number of hydrogen-bond donors (Lipinski definition) is 2. The predicted octanol–water partition coefficient (Wildman–Crippen LogP) is 1.86. The summed E-state index contributed by atoms with van der Waals surface area (Å²) in [6, 6.07) is 0.549. The third-order valence-corrected chi connectivity index (χ3v) is 5.51. The Hall–Kier alpha value is -0.160. The molecule has 3 N–H and O–H groups in total. The summed E-state index contributed by atoms with van der Waals surface area (Å²) >= 11 is 0. The zero-order valence-corrected chi connectivity index (χ0v) is 14.2. The number of morpholine rings is 1. The van der Waals surface area contributed by atoms with E-state index in [0.29, 0.717) is 17.4 Å². The summed E-state index contributed by atoms with van der Waals surface area (Å²) in [4.78, 5) is 2.55. The number of aliphatic hydroxyl groups excluding tert-OH is 1. The lowest BCUT2D eigenvalue weighted by Gasteiger charge is -2.49. The van der Waals surface area contributed by atoms with Crippen molar-refractivity contribution in [2.45, 2.75) is 65.2 Å². The van der Waals surface area contributed by atoms with E-state index in [0.717, 1.165) is 25.6 Å². The molecule has 21 heavy (non-hydrogen) atoms. The monoisotopic (exact) mass is 298 g/mol. The zero-order chi connectivity index (χ0) is 15.6. The minimum absolute atomic E-state index is 0.0396. The maximum absolute atomic E-state index is 9.45. The lowest BCUT2D eigenvalue weighted by atomic mass is 9.67. The number of ether oxygens (including phenoxy) is 1. The Morgan fingerprint density at radius 3 is 2.52 bits per heavy atom. The fourth-order valence-electron chi connectivity index (χ4n) is 4.17. The van der Waals surface area contributed by atoms with E-state index in [1.165, 1.54) is 19.3 Å². The normalized spacial score (nSPS) is 39.4. The molecule has 0 aromatic heterocycles. The van der Waals surface area contributed by atoms with Gasteiger partial charge in [0.15, 0.2) is 0 Å². The van der Waals surface area contributed by atoms with Crippen LogP contribution in [0, 0.1) is 17.3 Å². The summed E-state index contributed by atoms with van der Waals surface area (Å²) in [5.41, 5.74) is 6.42. The van der Waals surface area contributed by atoms with Crippen LogP contribution in [0.1, 0.15) is 47.0 Å². The summed E-state index contributed by atoms with van der Waals surface area (Å²) in [5.74, 6) is 1.35. The van der Waals surface area contributed by atoms with Crippen molar-refractivity contribution >= 4 is 0 Å². The molecule has 5 unspecified atom stereocenters. The minimum atomic E-state index is -0.0396. The van der Waals surface area contributed by atoms with Crippen LogP contribution in [-0.2, 0) is 4.74 Å². The molecule has 0 aromatic rings. The molecule has 1 aliphatic carbocycles. The van der Waals surface area contributed by atoms with Crippen LogP contribution in [0.15, 0.2) is 0 Å². The Morgan fingerprint density at radius 2 is 1.95 bits per heavy atom. The van der Waals surface area contributed by atoms with Gasteiger partial charge in [-0.15, -0.1) is 0 Å². The van der Waals surface area contributed by atoms with Crippen LogP contribution in [0.25, 0.3) is 0 Å². The van der Waals surface area contributed by atoms with E-state index >= 15 is 0 Å². The molecule has 2 aliphatic rings. The van der Waals surface area contributed by atoms with Crippen molar-refractivity contribution in [2.24, 2.45) is 23.0 Å². The van der Waals surface area contributed by atoms with Crippen LogP contribution in [0.5, 0.6) is 0 Å². The van der Waals surface area contributed by atoms with Gasteiger partial charge in [-0.1, -0.05) is 20.8 Å². The van der Waals surface area contributed by atoms with Gasteiger partial charge in [-0.2, -0.15) is 0 Å². The van der Waals surface area contributed by atoms with E-state index in [1.54, 1.807) is 0 Å². The van der Waals surface area contributed by atoms with E-state index in [4.69, 9.17) is 10.5 Å². The molecule has 2 rings (SSSR count). The van der Waals surface area contributed by atoms with Crippen LogP contribution < -0.4 is 5.73 Å². The molecule has 0 spiro atoms. The zero-order valence-electron chi connectivity index (χ0n) is 14.2. The van der Waals surface area contributed by atoms with Gasteiger partial charge in [0.1, 0.15) is 0 Å². The van der Waals surface area contributed by atoms with Gasteiger partial charge < -0.3 is 15.6 Å². The van der Waals surface area contributed by atoms with Crippen molar-refractivity contribution in [1.82, 2.24) is 4.90 Å². The fourth-order valence-corrected chi connectivity index (χ4v) is 4.17. The minimum Gasteiger partial charge on any atom is -0.394 e. The van der Waals surface area contributed by atoms with Crippen LogP contribution >= 0.6 is 0 Å². The summed E-state index contributed by atoms with van der Waals surface area (Å²) in [7, 11) is 0. The molecule has 1 saturated carbocycles. The summed E-state index contributed by atoms with van der Waals surface area (Å²) in [6.45, 7) is 11.9. The quantitative estimate of drug-likeness (QED) is 0.835. The molecule has 0 aromatic carbocycles. The molecule has 1 aliphatic heterocycles. The van der Waals surface area contributed by atoms with Crippen molar-refractivity contribution in [1.29, 1.82) is 0 Å². The molecule has 0 amide bonds. The lowest BCUT2D eigenvalue weighted by Crippen LogP contribution is -2.56. The molecular weight excluding hydrogens is 264 g/mol. The van der Waals surface area contributed by atoms with Crippen LogP contribution in [-0.4, -0.2) is 54.5 Å². The Bertz CT molecular complexity index is 329. The number of nitrogens with two attached hydrogens (primary N) is 1. The van der Waals surface area contributed by atoms with Gasteiger partial charge in [0.25, 0.3) is 0 Å². The van der Waals surface area contributed by atoms with Crippen molar-refractivity contribution in [2.75, 3.05) is 26.2 Å². The second kappa shape index (κ2) is 6.95. The Labute approximate surface area is 130 Å². The Balaban J connectivity index is 2.09. The van der Waals surface area contributed by atoms with Gasteiger partial charge >= 0.3 is 0 Å². The van der Waals surface area contributed by atoms with E-state index < -0.39 is 0 Å². The van der Waals surface area contributed by atoms with Crippen molar-refractivity contribution in [3.63, 3.8) is 0 Å². The number of hydrogen-bond acceptors (Lipinski definition) is 4. The number of nitrogens with zero attached hydrogens (tertiary/aromatic N) is 1. The van der Waals surface area contributed by atoms with Gasteiger partial charge in [-0.05, 0) is 50.0 Å². The highest BCUT2D eigenvalue weighted by Crippen LogP contribution is 2.41. The molecule has 5 atom stereocenters. The Morgan fingerprint density at radius 1 is 1.24 bits per heavy atom. The van der Waals surface area contributed by atoms with Gasteiger partial charge in [-0.3, -0.25) is 4.90 Å². The SMILES string of the molecule is CC1CN(C2CC(C(C)(C)C)CCC2CN)CC(CO)O1. The van der Waals surface area contributed by atoms with E-state index in [9.17, 15) is 5.11 Å². The molecule has 1 saturated heterocycles. The number of rotatable bonds is 3.